The Morgan fingerprint density at radius 3 is 2.88 bits per heavy atom. The Hall–Kier alpha value is -1.65. The number of carbonyl (C=O) groups excluding carboxylic acids is 1. The number of hydrogen-bond donors (Lipinski definition) is 2. The van der Waals surface area contributed by atoms with E-state index in [0.29, 0.717) is 23.5 Å². The second-order valence-electron chi connectivity index (χ2n) is 4.40. The Bertz CT molecular complexity index is 390. The minimum absolute atomic E-state index is 0.122. The zero-order valence-electron chi connectivity index (χ0n) is 10.2. The molecule has 1 fully saturated rings. The highest BCUT2D eigenvalue weighted by atomic mass is 16.2. The highest BCUT2D eigenvalue weighted by Crippen LogP contribution is 2.34. The first kappa shape index (κ1) is 11.8. The summed E-state index contributed by atoms with van der Waals surface area (Å²) in [5.74, 6) is 1.20. The Kier molecular flexibility index (Phi) is 3.56. The van der Waals surface area contributed by atoms with E-state index < -0.39 is 0 Å². The Balaban J connectivity index is 1.87. The van der Waals surface area contributed by atoms with Gasteiger partial charge in [-0.15, -0.1) is 0 Å². The SMILES string of the molecule is CCCC1CC1NC(=O)c1cnc(NC)cn1. The number of hydrogen-bond acceptors (Lipinski definition) is 4. The Labute approximate surface area is 101 Å². The summed E-state index contributed by atoms with van der Waals surface area (Å²) >= 11 is 0. The number of anilines is 1. The Morgan fingerprint density at radius 1 is 1.47 bits per heavy atom. The molecule has 0 aliphatic heterocycles. The molecule has 1 aromatic rings. The minimum atomic E-state index is -0.122. The Morgan fingerprint density at radius 2 is 2.29 bits per heavy atom. The molecule has 92 valence electrons. The molecule has 5 nitrogen and oxygen atoms in total. The van der Waals surface area contributed by atoms with Crippen molar-refractivity contribution in [2.75, 3.05) is 12.4 Å². The molecule has 0 spiro atoms. The second kappa shape index (κ2) is 5.12. The molecule has 0 bridgehead atoms. The van der Waals surface area contributed by atoms with Crippen LogP contribution in [0.4, 0.5) is 5.82 Å². The van der Waals surface area contributed by atoms with E-state index in [1.807, 2.05) is 0 Å². The summed E-state index contributed by atoms with van der Waals surface area (Å²) < 4.78 is 0. The van der Waals surface area contributed by atoms with Crippen LogP contribution < -0.4 is 10.6 Å². The van der Waals surface area contributed by atoms with E-state index in [0.717, 1.165) is 6.42 Å². The topological polar surface area (TPSA) is 66.9 Å². The maximum absolute atomic E-state index is 11.8. The maximum atomic E-state index is 11.8. The van der Waals surface area contributed by atoms with Gasteiger partial charge < -0.3 is 10.6 Å². The zero-order valence-corrected chi connectivity index (χ0v) is 10.2. The highest BCUT2D eigenvalue weighted by Gasteiger charge is 2.37. The predicted molar refractivity (Wildman–Crippen MR) is 65.8 cm³/mol. The third-order valence-electron chi connectivity index (χ3n) is 3.04. The van der Waals surface area contributed by atoms with Gasteiger partial charge in [0.15, 0.2) is 0 Å². The number of nitrogens with one attached hydrogen (secondary N) is 2. The van der Waals surface area contributed by atoms with Gasteiger partial charge in [0.2, 0.25) is 0 Å². The van der Waals surface area contributed by atoms with Crippen molar-refractivity contribution >= 4 is 11.7 Å². The molecular weight excluding hydrogens is 216 g/mol. The van der Waals surface area contributed by atoms with Crippen molar-refractivity contribution in [2.45, 2.75) is 32.2 Å². The lowest BCUT2D eigenvalue weighted by Crippen LogP contribution is -2.27. The summed E-state index contributed by atoms with van der Waals surface area (Å²) in [6, 6.07) is 0.341. The van der Waals surface area contributed by atoms with Gasteiger partial charge in [0.25, 0.3) is 5.91 Å². The van der Waals surface area contributed by atoms with Crippen LogP contribution in [0.5, 0.6) is 0 Å². The minimum Gasteiger partial charge on any atom is -0.372 e. The summed E-state index contributed by atoms with van der Waals surface area (Å²) in [5.41, 5.74) is 0.381. The van der Waals surface area contributed by atoms with Crippen molar-refractivity contribution < 1.29 is 4.79 Å². The summed E-state index contributed by atoms with van der Waals surface area (Å²) in [5, 5.41) is 5.85. The molecule has 2 unspecified atom stereocenters. The lowest BCUT2D eigenvalue weighted by Gasteiger charge is -2.04. The van der Waals surface area contributed by atoms with Gasteiger partial charge in [-0.1, -0.05) is 13.3 Å². The lowest BCUT2D eigenvalue weighted by molar-refractivity contribution is 0.0943. The van der Waals surface area contributed by atoms with Crippen molar-refractivity contribution in [1.29, 1.82) is 0 Å². The van der Waals surface area contributed by atoms with Crippen molar-refractivity contribution in [3.05, 3.63) is 18.1 Å². The molecule has 1 saturated carbocycles. The second-order valence-corrected chi connectivity index (χ2v) is 4.40. The van der Waals surface area contributed by atoms with E-state index in [1.165, 1.54) is 19.0 Å². The van der Waals surface area contributed by atoms with Crippen LogP contribution in [0, 0.1) is 5.92 Å². The molecule has 2 rings (SSSR count). The quantitative estimate of drug-likeness (QED) is 0.809. The number of aromatic nitrogens is 2. The number of nitrogens with zero attached hydrogens (tertiary/aromatic N) is 2. The standard InChI is InChI=1S/C12H18N4O/c1-3-4-8-5-9(8)16-12(17)10-6-15-11(13-2)7-14-10/h6-9H,3-5H2,1-2H3,(H,13,15)(H,16,17). The fourth-order valence-electron chi connectivity index (χ4n) is 1.93. The third-order valence-corrected chi connectivity index (χ3v) is 3.04. The van der Waals surface area contributed by atoms with Crippen LogP contribution in [0.3, 0.4) is 0 Å². The molecule has 1 amide bonds. The van der Waals surface area contributed by atoms with Crippen LogP contribution in [0.15, 0.2) is 12.4 Å². The van der Waals surface area contributed by atoms with Gasteiger partial charge in [0.05, 0.1) is 12.4 Å². The average Bonchev–Trinajstić information content (AvgIpc) is 3.08. The van der Waals surface area contributed by atoms with Crippen LogP contribution in [0.25, 0.3) is 0 Å². The van der Waals surface area contributed by atoms with Crippen LogP contribution in [-0.2, 0) is 0 Å². The fourth-order valence-corrected chi connectivity index (χ4v) is 1.93. The zero-order chi connectivity index (χ0) is 12.3. The monoisotopic (exact) mass is 234 g/mol. The normalized spacial score (nSPS) is 22.0. The van der Waals surface area contributed by atoms with Crippen LogP contribution in [0.1, 0.15) is 36.7 Å². The summed E-state index contributed by atoms with van der Waals surface area (Å²) in [4.78, 5) is 19.9. The molecular formula is C12H18N4O. The first-order valence-corrected chi connectivity index (χ1v) is 6.05. The molecule has 1 aromatic heterocycles. The molecule has 17 heavy (non-hydrogen) atoms. The van der Waals surface area contributed by atoms with E-state index in [1.54, 1.807) is 13.2 Å². The van der Waals surface area contributed by atoms with Crippen LogP contribution in [-0.4, -0.2) is 29.0 Å². The van der Waals surface area contributed by atoms with E-state index in [2.05, 4.69) is 27.5 Å². The van der Waals surface area contributed by atoms with Crippen LogP contribution in [0.2, 0.25) is 0 Å². The molecule has 1 aliphatic carbocycles. The van der Waals surface area contributed by atoms with Gasteiger partial charge in [-0.2, -0.15) is 0 Å². The lowest BCUT2D eigenvalue weighted by atomic mass is 10.2. The average molecular weight is 234 g/mol. The third kappa shape index (κ3) is 2.93. The van der Waals surface area contributed by atoms with Crippen LogP contribution >= 0.6 is 0 Å². The van der Waals surface area contributed by atoms with Gasteiger partial charge in [-0.25, -0.2) is 9.97 Å². The summed E-state index contributed by atoms with van der Waals surface area (Å²) in [6.45, 7) is 2.17. The van der Waals surface area contributed by atoms with Gasteiger partial charge >= 0.3 is 0 Å². The van der Waals surface area contributed by atoms with E-state index in [4.69, 9.17) is 0 Å². The first-order valence-electron chi connectivity index (χ1n) is 6.05. The van der Waals surface area contributed by atoms with E-state index >= 15 is 0 Å². The largest absolute Gasteiger partial charge is 0.372 e. The molecule has 0 aromatic carbocycles. The van der Waals surface area contributed by atoms with E-state index in [9.17, 15) is 4.79 Å². The van der Waals surface area contributed by atoms with Gasteiger partial charge in [0.1, 0.15) is 11.5 Å². The molecule has 1 aliphatic rings. The van der Waals surface area contributed by atoms with Crippen molar-refractivity contribution in [3.63, 3.8) is 0 Å². The highest BCUT2D eigenvalue weighted by molar-refractivity contribution is 5.92. The molecule has 5 heteroatoms. The first-order chi connectivity index (χ1) is 8.24. The predicted octanol–water partition coefficient (Wildman–Crippen LogP) is 1.44. The van der Waals surface area contributed by atoms with Gasteiger partial charge in [0, 0.05) is 13.1 Å². The maximum Gasteiger partial charge on any atom is 0.271 e. The summed E-state index contributed by atoms with van der Waals surface area (Å²) in [6.07, 6.45) is 6.52. The number of rotatable bonds is 5. The van der Waals surface area contributed by atoms with Crippen molar-refractivity contribution in [1.82, 2.24) is 15.3 Å². The number of amides is 1. The van der Waals surface area contributed by atoms with Gasteiger partial charge in [-0.3, -0.25) is 4.79 Å². The molecule has 0 saturated heterocycles. The van der Waals surface area contributed by atoms with Crippen molar-refractivity contribution in [2.24, 2.45) is 5.92 Å². The fraction of sp³-hybridized carbons (Fsp3) is 0.583. The van der Waals surface area contributed by atoms with E-state index in [-0.39, 0.29) is 5.91 Å². The smallest absolute Gasteiger partial charge is 0.271 e. The molecule has 2 atom stereocenters. The molecule has 1 heterocycles. The number of carbonyl (C=O) groups is 1. The molecule has 2 N–H and O–H groups in total. The van der Waals surface area contributed by atoms with Gasteiger partial charge in [-0.05, 0) is 18.8 Å². The summed E-state index contributed by atoms with van der Waals surface area (Å²) in [7, 11) is 1.77. The molecule has 0 radical (unpaired) electrons. The van der Waals surface area contributed by atoms with Crippen molar-refractivity contribution in [3.8, 4) is 0 Å².